The molecule has 1 aliphatic rings. The lowest BCUT2D eigenvalue weighted by Crippen LogP contribution is -2.38. The van der Waals surface area contributed by atoms with Crippen LogP contribution in [-0.2, 0) is 4.79 Å². The predicted octanol–water partition coefficient (Wildman–Crippen LogP) is 5.36. The summed E-state index contributed by atoms with van der Waals surface area (Å²) in [5.74, 6) is -0.595. The number of hydrogen-bond acceptors (Lipinski definition) is 5. The maximum atomic E-state index is 12.5. The van der Waals surface area contributed by atoms with E-state index in [9.17, 15) is 18.0 Å². The van der Waals surface area contributed by atoms with Crippen LogP contribution < -0.4 is 15.0 Å². The molecular formula is C21H20F3N3O2S. The first-order valence-electron chi connectivity index (χ1n) is 9.56. The SMILES string of the molecule is Cc1ccc2nc(N3CCC(C(=O)Nc4ccc(OC(F)(F)F)cc4)CC3)sc2c1. The van der Waals surface area contributed by atoms with Crippen LogP contribution in [0, 0.1) is 12.8 Å². The third-order valence-electron chi connectivity index (χ3n) is 5.02. The van der Waals surface area contributed by atoms with E-state index in [2.05, 4.69) is 27.9 Å². The lowest BCUT2D eigenvalue weighted by atomic mass is 9.96. The predicted molar refractivity (Wildman–Crippen MR) is 111 cm³/mol. The number of thiazole rings is 1. The minimum Gasteiger partial charge on any atom is -0.406 e. The number of fused-ring (bicyclic) bond motifs is 1. The Morgan fingerprint density at radius 3 is 2.53 bits per heavy atom. The van der Waals surface area contributed by atoms with Gasteiger partial charge in [0.05, 0.1) is 10.2 Å². The van der Waals surface area contributed by atoms with Crippen molar-refractivity contribution >= 4 is 38.3 Å². The number of rotatable bonds is 4. The quantitative estimate of drug-likeness (QED) is 0.600. The van der Waals surface area contributed by atoms with Crippen LogP contribution in [-0.4, -0.2) is 30.3 Å². The molecule has 9 heteroatoms. The summed E-state index contributed by atoms with van der Waals surface area (Å²) in [5.41, 5.74) is 2.63. The van der Waals surface area contributed by atoms with Gasteiger partial charge in [0.25, 0.3) is 0 Å². The van der Waals surface area contributed by atoms with Crippen LogP contribution in [0.4, 0.5) is 24.0 Å². The summed E-state index contributed by atoms with van der Waals surface area (Å²) in [6, 6.07) is 11.4. The maximum absolute atomic E-state index is 12.5. The van der Waals surface area contributed by atoms with E-state index in [1.165, 1.54) is 29.8 Å². The number of nitrogens with zero attached hydrogens (tertiary/aromatic N) is 2. The molecule has 0 bridgehead atoms. The van der Waals surface area contributed by atoms with E-state index in [1.54, 1.807) is 11.3 Å². The molecule has 1 saturated heterocycles. The summed E-state index contributed by atoms with van der Waals surface area (Å²) < 4.78 is 41.7. The van der Waals surface area contributed by atoms with Crippen molar-refractivity contribution in [2.45, 2.75) is 26.1 Å². The fraction of sp³-hybridized carbons (Fsp3) is 0.333. The molecule has 2 aromatic carbocycles. The number of ether oxygens (including phenoxy) is 1. The molecule has 30 heavy (non-hydrogen) atoms. The van der Waals surface area contributed by atoms with Crippen molar-refractivity contribution in [3.63, 3.8) is 0 Å². The summed E-state index contributed by atoms with van der Waals surface area (Å²) in [6.45, 7) is 3.52. The molecule has 0 saturated carbocycles. The van der Waals surface area contributed by atoms with Gasteiger partial charge < -0.3 is 15.0 Å². The molecule has 1 N–H and O–H groups in total. The zero-order valence-electron chi connectivity index (χ0n) is 16.2. The van der Waals surface area contributed by atoms with Gasteiger partial charge in [0.1, 0.15) is 5.75 Å². The molecule has 0 atom stereocenters. The fourth-order valence-electron chi connectivity index (χ4n) is 3.47. The second kappa shape index (κ2) is 8.14. The number of carbonyl (C=O) groups excluding carboxylic acids is 1. The van der Waals surface area contributed by atoms with Crippen molar-refractivity contribution in [2.24, 2.45) is 5.92 Å². The fourth-order valence-corrected chi connectivity index (χ4v) is 4.59. The minimum absolute atomic E-state index is 0.126. The summed E-state index contributed by atoms with van der Waals surface area (Å²) in [6.07, 6.45) is -3.35. The molecule has 1 fully saturated rings. The van der Waals surface area contributed by atoms with E-state index < -0.39 is 6.36 Å². The number of halogens is 3. The van der Waals surface area contributed by atoms with Gasteiger partial charge in [-0.1, -0.05) is 17.4 Å². The van der Waals surface area contributed by atoms with E-state index in [0.717, 1.165) is 28.4 Å². The molecule has 158 valence electrons. The molecule has 0 radical (unpaired) electrons. The van der Waals surface area contributed by atoms with Crippen LogP contribution >= 0.6 is 11.3 Å². The van der Waals surface area contributed by atoms with Crippen LogP contribution in [0.3, 0.4) is 0 Å². The number of carbonyl (C=O) groups is 1. The van der Waals surface area contributed by atoms with E-state index >= 15 is 0 Å². The first kappa shape index (κ1) is 20.5. The first-order valence-corrected chi connectivity index (χ1v) is 10.4. The van der Waals surface area contributed by atoms with Gasteiger partial charge in [0, 0.05) is 24.7 Å². The molecule has 0 unspecified atom stereocenters. The average molecular weight is 435 g/mol. The smallest absolute Gasteiger partial charge is 0.406 e. The third kappa shape index (κ3) is 4.84. The van der Waals surface area contributed by atoms with Crippen LogP contribution in [0.5, 0.6) is 5.75 Å². The van der Waals surface area contributed by atoms with Gasteiger partial charge in [0.2, 0.25) is 5.91 Å². The second-order valence-electron chi connectivity index (χ2n) is 7.29. The number of amides is 1. The van der Waals surface area contributed by atoms with Crippen LogP contribution in [0.25, 0.3) is 10.2 Å². The largest absolute Gasteiger partial charge is 0.573 e. The second-order valence-corrected chi connectivity index (χ2v) is 8.30. The lowest BCUT2D eigenvalue weighted by Gasteiger charge is -2.31. The molecule has 2 heterocycles. The minimum atomic E-state index is -4.74. The number of benzene rings is 2. The van der Waals surface area contributed by atoms with E-state index in [-0.39, 0.29) is 17.6 Å². The summed E-state index contributed by atoms with van der Waals surface area (Å²) in [5, 5.41) is 3.74. The molecule has 0 aliphatic carbocycles. The average Bonchev–Trinajstić information content (AvgIpc) is 3.11. The van der Waals surface area contributed by atoms with Crippen LogP contribution in [0.1, 0.15) is 18.4 Å². The van der Waals surface area contributed by atoms with Crippen molar-refractivity contribution in [1.82, 2.24) is 4.98 Å². The van der Waals surface area contributed by atoms with Crippen molar-refractivity contribution in [2.75, 3.05) is 23.3 Å². The monoisotopic (exact) mass is 435 g/mol. The van der Waals surface area contributed by atoms with Gasteiger partial charge in [-0.25, -0.2) is 4.98 Å². The Bertz CT molecular complexity index is 1040. The number of aromatic nitrogens is 1. The normalized spacial score (nSPS) is 15.4. The molecule has 1 aromatic heterocycles. The lowest BCUT2D eigenvalue weighted by molar-refractivity contribution is -0.274. The molecule has 4 rings (SSSR count). The Morgan fingerprint density at radius 2 is 1.87 bits per heavy atom. The number of hydrogen-bond donors (Lipinski definition) is 1. The van der Waals surface area contributed by atoms with Crippen molar-refractivity contribution in [1.29, 1.82) is 0 Å². The van der Waals surface area contributed by atoms with Crippen molar-refractivity contribution < 1.29 is 22.7 Å². The Balaban J connectivity index is 1.32. The highest BCUT2D eigenvalue weighted by Crippen LogP contribution is 2.32. The highest BCUT2D eigenvalue weighted by Gasteiger charge is 2.31. The number of nitrogens with one attached hydrogen (secondary N) is 1. The molecular weight excluding hydrogens is 415 g/mol. The summed E-state index contributed by atoms with van der Waals surface area (Å²) in [7, 11) is 0. The van der Waals surface area contributed by atoms with Crippen molar-refractivity contribution in [3.05, 3.63) is 48.0 Å². The van der Waals surface area contributed by atoms with Gasteiger partial charge >= 0.3 is 6.36 Å². The number of anilines is 2. The number of piperidine rings is 1. The Morgan fingerprint density at radius 1 is 1.17 bits per heavy atom. The summed E-state index contributed by atoms with van der Waals surface area (Å²) >= 11 is 1.66. The number of aryl methyl sites for hydroxylation is 1. The van der Waals surface area contributed by atoms with Crippen LogP contribution in [0.2, 0.25) is 0 Å². The summed E-state index contributed by atoms with van der Waals surface area (Å²) in [4.78, 5) is 19.5. The zero-order valence-corrected chi connectivity index (χ0v) is 17.0. The van der Waals surface area contributed by atoms with Crippen molar-refractivity contribution in [3.8, 4) is 5.75 Å². The Kier molecular flexibility index (Phi) is 5.55. The maximum Gasteiger partial charge on any atom is 0.573 e. The van der Waals surface area contributed by atoms with E-state index in [4.69, 9.17) is 4.98 Å². The molecule has 1 amide bonds. The van der Waals surface area contributed by atoms with Gasteiger partial charge in [-0.2, -0.15) is 0 Å². The first-order chi connectivity index (χ1) is 14.3. The van der Waals surface area contributed by atoms with Gasteiger partial charge in [0.15, 0.2) is 5.13 Å². The van der Waals surface area contributed by atoms with E-state index in [1.807, 2.05) is 12.1 Å². The molecule has 0 spiro atoms. The highest BCUT2D eigenvalue weighted by atomic mass is 32.1. The van der Waals surface area contributed by atoms with Crippen LogP contribution in [0.15, 0.2) is 42.5 Å². The van der Waals surface area contributed by atoms with Gasteiger partial charge in [-0.15, -0.1) is 13.2 Å². The van der Waals surface area contributed by atoms with Gasteiger partial charge in [-0.3, -0.25) is 4.79 Å². The Labute approximate surface area is 175 Å². The zero-order chi connectivity index (χ0) is 21.3. The standard InChI is InChI=1S/C21H20F3N3O2S/c1-13-2-7-17-18(12-13)30-20(26-17)27-10-8-14(9-11-27)19(28)25-15-3-5-16(6-4-15)29-21(22,23)24/h2-7,12,14H,8-11H2,1H3,(H,25,28). The topological polar surface area (TPSA) is 54.5 Å². The van der Waals surface area contributed by atoms with Gasteiger partial charge in [-0.05, 0) is 61.7 Å². The molecule has 5 nitrogen and oxygen atoms in total. The molecule has 1 aliphatic heterocycles. The Hall–Kier alpha value is -2.81. The highest BCUT2D eigenvalue weighted by molar-refractivity contribution is 7.22. The van der Waals surface area contributed by atoms with E-state index in [0.29, 0.717) is 18.5 Å². The molecule has 3 aromatic rings. The number of alkyl halides is 3. The third-order valence-corrected chi connectivity index (χ3v) is 6.10.